The first-order valence-electron chi connectivity index (χ1n) is 6.82. The number of carbonyl (C=O) groups excluding carboxylic acids is 1. The van der Waals surface area contributed by atoms with Crippen LogP contribution in [0.5, 0.6) is 0 Å². The van der Waals surface area contributed by atoms with Gasteiger partial charge in [0.2, 0.25) is 5.91 Å². The highest BCUT2D eigenvalue weighted by atomic mass is 16.2. The monoisotopic (exact) mass is 261 g/mol. The first-order valence-corrected chi connectivity index (χ1v) is 6.82. The van der Waals surface area contributed by atoms with Crippen LogP contribution < -0.4 is 11.1 Å². The summed E-state index contributed by atoms with van der Waals surface area (Å²) in [6.07, 6.45) is 0.885. The zero-order valence-corrected chi connectivity index (χ0v) is 11.7. The minimum absolute atomic E-state index is 0.124. The number of nitrogens with zero attached hydrogens (tertiary/aromatic N) is 1. The van der Waals surface area contributed by atoms with Crippen LogP contribution in [0, 0.1) is 5.41 Å². The molecule has 104 valence electrons. The molecule has 4 nitrogen and oxygen atoms in total. The van der Waals surface area contributed by atoms with Gasteiger partial charge in [0.05, 0.1) is 5.41 Å². The summed E-state index contributed by atoms with van der Waals surface area (Å²) in [6.45, 7) is 4.29. The van der Waals surface area contributed by atoms with E-state index in [9.17, 15) is 4.79 Å². The first kappa shape index (κ1) is 14.0. The largest absolute Gasteiger partial charge is 0.359 e. The second kappa shape index (κ2) is 5.72. The molecule has 0 aromatic heterocycles. The van der Waals surface area contributed by atoms with Crippen molar-refractivity contribution in [2.75, 3.05) is 26.7 Å². The van der Waals surface area contributed by atoms with Crippen LogP contribution >= 0.6 is 0 Å². The molecule has 2 rings (SSSR count). The van der Waals surface area contributed by atoms with Crippen molar-refractivity contribution in [2.24, 2.45) is 11.1 Å². The maximum atomic E-state index is 12.0. The standard InChI is InChI=1S/C15H23N3O/c1-15(14(19)17-2)8-9-18(11-15)13(10-16)12-6-4-3-5-7-12/h3-7,13H,8-11,16H2,1-2H3,(H,17,19). The SMILES string of the molecule is CNC(=O)C1(C)CCN(C(CN)c2ccccc2)C1. The van der Waals surface area contributed by atoms with E-state index in [2.05, 4.69) is 22.3 Å². The normalized spacial score (nSPS) is 25.2. The van der Waals surface area contributed by atoms with Crippen LogP contribution in [0.25, 0.3) is 0 Å². The van der Waals surface area contributed by atoms with Gasteiger partial charge >= 0.3 is 0 Å². The molecule has 1 aromatic carbocycles. The molecular weight excluding hydrogens is 238 g/mol. The molecule has 0 spiro atoms. The Bertz CT molecular complexity index is 434. The molecule has 0 aliphatic carbocycles. The Labute approximate surface area is 115 Å². The van der Waals surface area contributed by atoms with Crippen LogP contribution in [0.15, 0.2) is 30.3 Å². The fraction of sp³-hybridized carbons (Fsp3) is 0.533. The number of hydrogen-bond acceptors (Lipinski definition) is 3. The number of nitrogens with two attached hydrogens (primary N) is 1. The molecule has 1 heterocycles. The lowest BCUT2D eigenvalue weighted by Crippen LogP contribution is -2.40. The number of likely N-dealkylation sites (tertiary alicyclic amines) is 1. The minimum atomic E-state index is -0.295. The summed E-state index contributed by atoms with van der Waals surface area (Å²) < 4.78 is 0. The second-order valence-electron chi connectivity index (χ2n) is 5.52. The Morgan fingerprint density at radius 3 is 2.74 bits per heavy atom. The van der Waals surface area contributed by atoms with Crippen molar-refractivity contribution in [3.63, 3.8) is 0 Å². The molecule has 1 fully saturated rings. The van der Waals surface area contributed by atoms with Crippen molar-refractivity contribution >= 4 is 5.91 Å². The van der Waals surface area contributed by atoms with E-state index in [0.717, 1.165) is 19.5 Å². The highest BCUT2D eigenvalue weighted by Crippen LogP contribution is 2.35. The van der Waals surface area contributed by atoms with Gasteiger partial charge in [0.15, 0.2) is 0 Å². The fourth-order valence-corrected chi connectivity index (χ4v) is 2.92. The third-order valence-corrected chi connectivity index (χ3v) is 4.13. The van der Waals surface area contributed by atoms with E-state index in [1.807, 2.05) is 25.1 Å². The zero-order chi connectivity index (χ0) is 13.9. The van der Waals surface area contributed by atoms with E-state index in [1.165, 1.54) is 5.56 Å². The van der Waals surface area contributed by atoms with Crippen LogP contribution in [0.4, 0.5) is 0 Å². The Hall–Kier alpha value is -1.39. The van der Waals surface area contributed by atoms with Gasteiger partial charge in [-0.1, -0.05) is 30.3 Å². The first-order chi connectivity index (χ1) is 9.10. The predicted molar refractivity (Wildman–Crippen MR) is 76.6 cm³/mol. The molecule has 1 aliphatic heterocycles. The lowest BCUT2D eigenvalue weighted by Gasteiger charge is -2.29. The number of amides is 1. The van der Waals surface area contributed by atoms with Crippen LogP contribution in [0.1, 0.15) is 24.9 Å². The van der Waals surface area contributed by atoms with Gasteiger partial charge in [0.1, 0.15) is 0 Å². The Morgan fingerprint density at radius 2 is 2.16 bits per heavy atom. The van der Waals surface area contributed by atoms with Crippen molar-refractivity contribution in [1.29, 1.82) is 0 Å². The summed E-state index contributed by atoms with van der Waals surface area (Å²) in [6, 6.07) is 10.5. The molecular formula is C15H23N3O. The molecule has 4 heteroatoms. The van der Waals surface area contributed by atoms with Crippen LogP contribution in [-0.2, 0) is 4.79 Å². The minimum Gasteiger partial charge on any atom is -0.359 e. The average Bonchev–Trinajstić information content (AvgIpc) is 2.84. The van der Waals surface area contributed by atoms with Crippen molar-refractivity contribution in [3.8, 4) is 0 Å². The summed E-state index contributed by atoms with van der Waals surface area (Å²) in [5.74, 6) is 0.124. The number of rotatable bonds is 4. The Morgan fingerprint density at radius 1 is 1.47 bits per heavy atom. The van der Waals surface area contributed by atoms with Gasteiger partial charge in [-0.2, -0.15) is 0 Å². The topological polar surface area (TPSA) is 58.4 Å². The van der Waals surface area contributed by atoms with E-state index in [-0.39, 0.29) is 17.4 Å². The predicted octanol–water partition coefficient (Wildman–Crippen LogP) is 1.14. The molecule has 1 aliphatic rings. The number of carbonyl (C=O) groups is 1. The third-order valence-electron chi connectivity index (χ3n) is 4.13. The van der Waals surface area contributed by atoms with Crippen molar-refractivity contribution in [3.05, 3.63) is 35.9 Å². The quantitative estimate of drug-likeness (QED) is 0.854. The highest BCUT2D eigenvalue weighted by molar-refractivity contribution is 5.82. The fourth-order valence-electron chi connectivity index (χ4n) is 2.92. The smallest absolute Gasteiger partial charge is 0.227 e. The van der Waals surface area contributed by atoms with Gasteiger partial charge in [-0.15, -0.1) is 0 Å². The van der Waals surface area contributed by atoms with E-state index in [0.29, 0.717) is 6.54 Å². The number of benzene rings is 1. The van der Waals surface area contributed by atoms with Gasteiger partial charge < -0.3 is 11.1 Å². The van der Waals surface area contributed by atoms with Crippen molar-refractivity contribution in [2.45, 2.75) is 19.4 Å². The molecule has 2 unspecified atom stereocenters. The van der Waals surface area contributed by atoms with Crippen molar-refractivity contribution < 1.29 is 4.79 Å². The second-order valence-corrected chi connectivity index (χ2v) is 5.52. The van der Waals surface area contributed by atoms with Gasteiger partial charge in [-0.05, 0) is 25.5 Å². The molecule has 0 radical (unpaired) electrons. The van der Waals surface area contributed by atoms with E-state index >= 15 is 0 Å². The number of hydrogen-bond donors (Lipinski definition) is 2. The summed E-state index contributed by atoms with van der Waals surface area (Å²) in [5, 5.41) is 2.77. The lowest BCUT2D eigenvalue weighted by atomic mass is 9.89. The van der Waals surface area contributed by atoms with E-state index in [4.69, 9.17) is 5.73 Å². The van der Waals surface area contributed by atoms with Crippen LogP contribution in [0.2, 0.25) is 0 Å². The van der Waals surface area contributed by atoms with Gasteiger partial charge in [0.25, 0.3) is 0 Å². The third kappa shape index (κ3) is 2.80. The van der Waals surface area contributed by atoms with Gasteiger partial charge in [-0.3, -0.25) is 9.69 Å². The van der Waals surface area contributed by atoms with Crippen LogP contribution in [-0.4, -0.2) is 37.5 Å². The van der Waals surface area contributed by atoms with E-state index < -0.39 is 0 Å². The Kier molecular flexibility index (Phi) is 4.22. The number of nitrogens with one attached hydrogen (secondary N) is 1. The summed E-state index contributed by atoms with van der Waals surface area (Å²) in [7, 11) is 1.70. The lowest BCUT2D eigenvalue weighted by molar-refractivity contribution is -0.129. The Balaban J connectivity index is 2.13. The molecule has 3 N–H and O–H groups in total. The summed E-state index contributed by atoms with van der Waals surface area (Å²) in [4.78, 5) is 14.3. The maximum Gasteiger partial charge on any atom is 0.227 e. The molecule has 0 bridgehead atoms. The van der Waals surface area contributed by atoms with E-state index in [1.54, 1.807) is 7.05 Å². The maximum absolute atomic E-state index is 12.0. The molecule has 1 saturated heterocycles. The molecule has 1 aromatic rings. The van der Waals surface area contributed by atoms with Crippen molar-refractivity contribution in [1.82, 2.24) is 10.2 Å². The summed E-state index contributed by atoms with van der Waals surface area (Å²) in [5.41, 5.74) is 6.87. The zero-order valence-electron chi connectivity index (χ0n) is 11.7. The molecule has 19 heavy (non-hydrogen) atoms. The molecule has 1 amide bonds. The molecule has 2 atom stereocenters. The summed E-state index contributed by atoms with van der Waals surface area (Å²) >= 11 is 0. The average molecular weight is 261 g/mol. The highest BCUT2D eigenvalue weighted by Gasteiger charge is 2.41. The van der Waals surface area contributed by atoms with Gasteiger partial charge in [0, 0.05) is 26.2 Å². The van der Waals surface area contributed by atoms with Gasteiger partial charge in [-0.25, -0.2) is 0 Å². The van der Waals surface area contributed by atoms with Crippen LogP contribution in [0.3, 0.4) is 0 Å². The molecule has 0 saturated carbocycles.